The van der Waals surface area contributed by atoms with Gasteiger partial charge >= 0.3 is 0 Å². The van der Waals surface area contributed by atoms with Crippen LogP contribution in [0.4, 0.5) is 0 Å². The molecule has 1 aromatic carbocycles. The molecule has 2 rings (SSSR count). The molecule has 2 N–H and O–H groups in total. The minimum absolute atomic E-state index is 0.0259. The molecule has 5 nitrogen and oxygen atoms in total. The van der Waals surface area contributed by atoms with Gasteiger partial charge in [-0.25, -0.2) is 4.98 Å². The number of carbonyl (C=O) groups excluding carboxylic acids is 1. The topological polar surface area (TPSA) is 70.7 Å². The first kappa shape index (κ1) is 15.2. The molecule has 0 radical (unpaired) electrons. The standard InChI is InChI=1S/C16H22N4O/c1-4-11(2)15(13-8-6-5-7-9-13)16(21)17-10-14-18-12(3)19-20-14/h5-9,11,15H,4,10H2,1-3H3,(H,17,21)(H,18,19,20)/t11-,15+/m0/s1. The number of aromatic amines is 1. The van der Waals surface area contributed by atoms with Crippen molar-refractivity contribution < 1.29 is 4.79 Å². The number of benzene rings is 1. The Bertz CT molecular complexity index is 579. The van der Waals surface area contributed by atoms with Crippen molar-refractivity contribution in [3.8, 4) is 0 Å². The lowest BCUT2D eigenvalue weighted by atomic mass is 9.85. The molecule has 0 saturated carbocycles. The van der Waals surface area contributed by atoms with Crippen LogP contribution >= 0.6 is 0 Å². The number of hydrogen-bond donors (Lipinski definition) is 2. The molecule has 0 spiro atoms. The van der Waals surface area contributed by atoms with E-state index in [1.54, 1.807) is 0 Å². The average Bonchev–Trinajstić information content (AvgIpc) is 2.92. The van der Waals surface area contributed by atoms with E-state index in [1.807, 2.05) is 37.3 Å². The highest BCUT2D eigenvalue weighted by Gasteiger charge is 2.25. The van der Waals surface area contributed by atoms with Crippen LogP contribution in [0.5, 0.6) is 0 Å². The number of carbonyl (C=O) groups is 1. The highest BCUT2D eigenvalue weighted by Crippen LogP contribution is 2.27. The molecule has 1 heterocycles. The summed E-state index contributed by atoms with van der Waals surface area (Å²) in [4.78, 5) is 16.7. The Morgan fingerprint density at radius 1 is 1.33 bits per heavy atom. The summed E-state index contributed by atoms with van der Waals surface area (Å²) in [5.74, 6) is 1.52. The molecule has 5 heteroatoms. The molecular formula is C16H22N4O. The van der Waals surface area contributed by atoms with Gasteiger partial charge in [0.05, 0.1) is 12.5 Å². The Kier molecular flexibility index (Phi) is 5.09. The zero-order valence-electron chi connectivity index (χ0n) is 12.8. The second-order valence-electron chi connectivity index (χ2n) is 5.33. The second kappa shape index (κ2) is 7.02. The summed E-state index contributed by atoms with van der Waals surface area (Å²) in [5, 5.41) is 9.75. The number of aromatic nitrogens is 3. The molecule has 0 aliphatic heterocycles. The van der Waals surface area contributed by atoms with Crippen LogP contribution in [0.2, 0.25) is 0 Å². The summed E-state index contributed by atoms with van der Waals surface area (Å²) in [6.45, 7) is 6.40. The quantitative estimate of drug-likeness (QED) is 0.857. The largest absolute Gasteiger partial charge is 0.348 e. The van der Waals surface area contributed by atoms with Crippen LogP contribution in [-0.4, -0.2) is 21.1 Å². The van der Waals surface area contributed by atoms with Gasteiger partial charge in [0.1, 0.15) is 5.82 Å². The third kappa shape index (κ3) is 3.90. The minimum Gasteiger partial charge on any atom is -0.348 e. The number of amides is 1. The van der Waals surface area contributed by atoms with Gasteiger partial charge in [0.15, 0.2) is 5.82 Å². The average molecular weight is 286 g/mol. The maximum Gasteiger partial charge on any atom is 0.228 e. The first-order chi connectivity index (χ1) is 10.1. The number of nitrogens with zero attached hydrogens (tertiary/aromatic N) is 2. The molecule has 0 aliphatic carbocycles. The molecule has 0 fully saturated rings. The lowest BCUT2D eigenvalue weighted by Crippen LogP contribution is -2.32. The molecule has 0 saturated heterocycles. The zero-order valence-corrected chi connectivity index (χ0v) is 12.8. The molecule has 2 aromatic rings. The van der Waals surface area contributed by atoms with Gasteiger partial charge < -0.3 is 5.32 Å². The van der Waals surface area contributed by atoms with E-state index in [0.717, 1.165) is 17.8 Å². The van der Waals surface area contributed by atoms with Crippen molar-refractivity contribution in [2.45, 2.75) is 39.7 Å². The predicted molar refractivity (Wildman–Crippen MR) is 81.6 cm³/mol. The van der Waals surface area contributed by atoms with E-state index >= 15 is 0 Å². The number of rotatable bonds is 6. The first-order valence-corrected chi connectivity index (χ1v) is 7.32. The molecule has 0 bridgehead atoms. The van der Waals surface area contributed by atoms with Crippen LogP contribution in [0, 0.1) is 12.8 Å². The van der Waals surface area contributed by atoms with Crippen LogP contribution < -0.4 is 5.32 Å². The van der Waals surface area contributed by atoms with Crippen LogP contribution in [0.25, 0.3) is 0 Å². The Hall–Kier alpha value is -2.17. The summed E-state index contributed by atoms with van der Waals surface area (Å²) < 4.78 is 0. The highest BCUT2D eigenvalue weighted by molar-refractivity contribution is 5.83. The Morgan fingerprint density at radius 3 is 2.62 bits per heavy atom. The van der Waals surface area contributed by atoms with E-state index in [1.165, 1.54) is 0 Å². The van der Waals surface area contributed by atoms with Crippen molar-refractivity contribution in [3.63, 3.8) is 0 Å². The number of aryl methyl sites for hydroxylation is 1. The molecule has 2 atom stereocenters. The van der Waals surface area contributed by atoms with Crippen LogP contribution in [0.15, 0.2) is 30.3 Å². The molecule has 0 unspecified atom stereocenters. The van der Waals surface area contributed by atoms with E-state index in [-0.39, 0.29) is 17.7 Å². The fraction of sp³-hybridized carbons (Fsp3) is 0.438. The Balaban J connectivity index is 2.08. The van der Waals surface area contributed by atoms with Gasteiger partial charge in [-0.05, 0) is 18.4 Å². The van der Waals surface area contributed by atoms with Crippen molar-refractivity contribution in [2.24, 2.45) is 5.92 Å². The Morgan fingerprint density at radius 2 is 2.05 bits per heavy atom. The fourth-order valence-corrected chi connectivity index (χ4v) is 2.38. The molecule has 1 aromatic heterocycles. The minimum atomic E-state index is -0.142. The second-order valence-corrected chi connectivity index (χ2v) is 5.33. The fourth-order valence-electron chi connectivity index (χ4n) is 2.38. The van der Waals surface area contributed by atoms with Gasteiger partial charge in [-0.2, -0.15) is 5.10 Å². The van der Waals surface area contributed by atoms with Gasteiger partial charge in [0.25, 0.3) is 0 Å². The zero-order chi connectivity index (χ0) is 15.2. The third-order valence-corrected chi connectivity index (χ3v) is 3.72. The van der Waals surface area contributed by atoms with Crippen molar-refractivity contribution >= 4 is 5.91 Å². The first-order valence-electron chi connectivity index (χ1n) is 7.32. The van der Waals surface area contributed by atoms with E-state index in [0.29, 0.717) is 12.4 Å². The summed E-state index contributed by atoms with van der Waals surface area (Å²) >= 11 is 0. The summed E-state index contributed by atoms with van der Waals surface area (Å²) in [5.41, 5.74) is 1.05. The van der Waals surface area contributed by atoms with E-state index < -0.39 is 0 Å². The van der Waals surface area contributed by atoms with E-state index in [4.69, 9.17) is 0 Å². The van der Waals surface area contributed by atoms with Crippen LogP contribution in [-0.2, 0) is 11.3 Å². The van der Waals surface area contributed by atoms with Crippen molar-refractivity contribution in [3.05, 3.63) is 47.5 Å². The van der Waals surface area contributed by atoms with Crippen molar-refractivity contribution in [2.75, 3.05) is 0 Å². The van der Waals surface area contributed by atoms with Crippen molar-refractivity contribution in [1.82, 2.24) is 20.5 Å². The van der Waals surface area contributed by atoms with Gasteiger partial charge in [0.2, 0.25) is 5.91 Å². The Labute approximate surface area is 125 Å². The summed E-state index contributed by atoms with van der Waals surface area (Å²) in [6.07, 6.45) is 0.951. The van der Waals surface area contributed by atoms with E-state index in [9.17, 15) is 4.79 Å². The lowest BCUT2D eigenvalue weighted by Gasteiger charge is -2.22. The maximum atomic E-state index is 12.5. The summed E-state index contributed by atoms with van der Waals surface area (Å²) in [6, 6.07) is 9.92. The van der Waals surface area contributed by atoms with E-state index in [2.05, 4.69) is 34.3 Å². The maximum absolute atomic E-state index is 12.5. The molecule has 21 heavy (non-hydrogen) atoms. The van der Waals surface area contributed by atoms with Gasteiger partial charge in [-0.3, -0.25) is 9.89 Å². The van der Waals surface area contributed by atoms with Gasteiger partial charge in [0, 0.05) is 0 Å². The third-order valence-electron chi connectivity index (χ3n) is 3.72. The van der Waals surface area contributed by atoms with Crippen molar-refractivity contribution in [1.29, 1.82) is 0 Å². The normalized spacial score (nSPS) is 13.7. The van der Waals surface area contributed by atoms with Crippen LogP contribution in [0.1, 0.15) is 43.4 Å². The molecule has 112 valence electrons. The summed E-state index contributed by atoms with van der Waals surface area (Å²) in [7, 11) is 0. The number of hydrogen-bond acceptors (Lipinski definition) is 3. The van der Waals surface area contributed by atoms with Crippen LogP contribution in [0.3, 0.4) is 0 Å². The predicted octanol–water partition coefficient (Wildman–Crippen LogP) is 2.56. The number of nitrogens with one attached hydrogen (secondary N) is 2. The molecule has 1 amide bonds. The molecular weight excluding hydrogens is 264 g/mol. The smallest absolute Gasteiger partial charge is 0.228 e. The highest BCUT2D eigenvalue weighted by atomic mass is 16.1. The van der Waals surface area contributed by atoms with Gasteiger partial charge in [-0.1, -0.05) is 50.6 Å². The number of H-pyrrole nitrogens is 1. The lowest BCUT2D eigenvalue weighted by molar-refractivity contribution is -0.123. The SMILES string of the molecule is CC[C@H](C)[C@@H](C(=O)NCc1n[nH]c(C)n1)c1ccccc1. The van der Waals surface area contributed by atoms with Gasteiger partial charge in [-0.15, -0.1) is 0 Å². The monoisotopic (exact) mass is 286 g/mol. The molecule has 0 aliphatic rings.